The summed E-state index contributed by atoms with van der Waals surface area (Å²) >= 11 is 18.5. The van der Waals surface area contributed by atoms with Crippen molar-refractivity contribution >= 4 is 46.6 Å². The minimum absolute atomic E-state index is 0.0212. The lowest BCUT2D eigenvalue weighted by Gasteiger charge is -2.30. The number of halogens is 3. The molecule has 0 unspecified atom stereocenters. The number of rotatable bonds is 8. The topological polar surface area (TPSA) is 49.4 Å². The summed E-state index contributed by atoms with van der Waals surface area (Å²) in [6.07, 6.45) is 0.860. The van der Waals surface area contributed by atoms with Crippen molar-refractivity contribution < 1.29 is 9.59 Å². The molecule has 0 aliphatic rings. The van der Waals surface area contributed by atoms with Gasteiger partial charge in [-0.25, -0.2) is 0 Å². The van der Waals surface area contributed by atoms with Gasteiger partial charge in [0, 0.05) is 27.7 Å². The molecule has 0 bridgehead atoms. The second kappa shape index (κ2) is 10.9. The molecule has 0 spiro atoms. The van der Waals surface area contributed by atoms with Crippen LogP contribution in [0.4, 0.5) is 0 Å². The van der Waals surface area contributed by atoms with Crippen molar-refractivity contribution in [3.63, 3.8) is 0 Å². The summed E-state index contributed by atoms with van der Waals surface area (Å²) in [6, 6.07) is 11.6. The van der Waals surface area contributed by atoms with Gasteiger partial charge in [-0.1, -0.05) is 66.0 Å². The van der Waals surface area contributed by atoms with Crippen molar-refractivity contribution in [3.8, 4) is 0 Å². The van der Waals surface area contributed by atoms with E-state index in [-0.39, 0.29) is 30.8 Å². The molecule has 0 aromatic heterocycles. The van der Waals surface area contributed by atoms with Crippen molar-refractivity contribution in [1.82, 2.24) is 10.2 Å². The normalized spacial score (nSPS) is 12.9. The highest BCUT2D eigenvalue weighted by atomic mass is 35.5. The molecule has 156 valence electrons. The minimum atomic E-state index is -0.668. The largest absolute Gasteiger partial charge is 0.352 e. The van der Waals surface area contributed by atoms with Gasteiger partial charge in [0.25, 0.3) is 0 Å². The van der Waals surface area contributed by atoms with E-state index in [1.165, 1.54) is 4.90 Å². The van der Waals surface area contributed by atoms with Crippen molar-refractivity contribution in [2.45, 2.75) is 52.2 Å². The van der Waals surface area contributed by atoms with Crippen LogP contribution in [0.5, 0.6) is 0 Å². The van der Waals surface area contributed by atoms with E-state index in [4.69, 9.17) is 34.8 Å². The maximum atomic E-state index is 13.2. The van der Waals surface area contributed by atoms with Crippen LogP contribution >= 0.6 is 34.8 Å². The van der Waals surface area contributed by atoms with Crippen LogP contribution in [-0.2, 0) is 22.6 Å². The smallest absolute Gasteiger partial charge is 0.242 e. The molecule has 0 saturated heterocycles. The molecule has 0 fully saturated rings. The van der Waals surface area contributed by atoms with Gasteiger partial charge in [-0.3, -0.25) is 9.59 Å². The first kappa shape index (κ1) is 23.5. The molecule has 0 aliphatic carbocycles. The van der Waals surface area contributed by atoms with Crippen LogP contribution in [0.2, 0.25) is 15.1 Å². The molecular weight excluding hydrogens is 431 g/mol. The summed E-state index contributed by atoms with van der Waals surface area (Å²) in [5.74, 6) is -0.428. The van der Waals surface area contributed by atoms with E-state index in [0.717, 1.165) is 12.0 Å². The van der Waals surface area contributed by atoms with Crippen LogP contribution in [0.1, 0.15) is 38.3 Å². The zero-order valence-electron chi connectivity index (χ0n) is 16.7. The SMILES string of the molecule is CC[C@H](C)NC(=O)[C@H](C)N(Cc1ccccc1Cl)C(=O)Cc1ccc(Cl)cc1Cl. The standard InChI is InChI=1S/C22H25Cl3N2O2/c1-4-14(2)26-22(29)15(3)27(13-17-7-5-6-8-19(17)24)21(28)11-16-9-10-18(23)12-20(16)25/h5-10,12,14-15H,4,11,13H2,1-3H3,(H,26,29)/t14-,15-/m0/s1. The van der Waals surface area contributed by atoms with Gasteiger partial charge in [-0.2, -0.15) is 0 Å². The Kier molecular flexibility index (Phi) is 8.81. The van der Waals surface area contributed by atoms with E-state index in [1.54, 1.807) is 31.2 Å². The fourth-order valence-corrected chi connectivity index (χ4v) is 3.46. The summed E-state index contributed by atoms with van der Waals surface area (Å²) in [6.45, 7) is 5.86. The molecule has 0 heterocycles. The fraction of sp³-hybridized carbons (Fsp3) is 0.364. The van der Waals surface area contributed by atoms with Gasteiger partial charge in [0.1, 0.15) is 6.04 Å². The molecule has 0 radical (unpaired) electrons. The van der Waals surface area contributed by atoms with E-state index >= 15 is 0 Å². The summed E-state index contributed by atoms with van der Waals surface area (Å²) in [4.78, 5) is 27.4. The highest BCUT2D eigenvalue weighted by Gasteiger charge is 2.27. The molecule has 4 nitrogen and oxygen atoms in total. The Morgan fingerprint density at radius 1 is 1.00 bits per heavy atom. The number of hydrogen-bond acceptors (Lipinski definition) is 2. The fourth-order valence-electron chi connectivity index (χ4n) is 2.79. The first-order valence-corrected chi connectivity index (χ1v) is 10.6. The van der Waals surface area contributed by atoms with E-state index in [0.29, 0.717) is 20.6 Å². The quantitative estimate of drug-likeness (QED) is 0.569. The third-order valence-electron chi connectivity index (χ3n) is 4.82. The summed E-state index contributed by atoms with van der Waals surface area (Å²) in [7, 11) is 0. The number of carbonyl (C=O) groups excluding carboxylic acids is 2. The molecule has 1 N–H and O–H groups in total. The predicted molar refractivity (Wildman–Crippen MR) is 120 cm³/mol. The summed E-state index contributed by atoms with van der Waals surface area (Å²) in [5, 5.41) is 4.40. The lowest BCUT2D eigenvalue weighted by atomic mass is 10.1. The predicted octanol–water partition coefficient (Wildman–Crippen LogP) is 5.52. The number of hydrogen-bond donors (Lipinski definition) is 1. The van der Waals surface area contributed by atoms with Crippen LogP contribution in [0, 0.1) is 0 Å². The van der Waals surface area contributed by atoms with Crippen LogP contribution in [0.15, 0.2) is 42.5 Å². The first-order valence-electron chi connectivity index (χ1n) is 9.50. The van der Waals surface area contributed by atoms with Crippen molar-refractivity contribution in [2.75, 3.05) is 0 Å². The van der Waals surface area contributed by atoms with Crippen LogP contribution < -0.4 is 5.32 Å². The van der Waals surface area contributed by atoms with Gasteiger partial charge in [0.15, 0.2) is 0 Å². The lowest BCUT2D eigenvalue weighted by Crippen LogP contribution is -2.50. The average molecular weight is 456 g/mol. The van der Waals surface area contributed by atoms with Gasteiger partial charge >= 0.3 is 0 Å². The van der Waals surface area contributed by atoms with Crippen LogP contribution in [0.3, 0.4) is 0 Å². The third kappa shape index (κ3) is 6.63. The molecule has 29 heavy (non-hydrogen) atoms. The van der Waals surface area contributed by atoms with Crippen molar-refractivity contribution in [2.24, 2.45) is 0 Å². The van der Waals surface area contributed by atoms with Crippen LogP contribution in [-0.4, -0.2) is 28.8 Å². The van der Waals surface area contributed by atoms with Crippen LogP contribution in [0.25, 0.3) is 0 Å². The van der Waals surface area contributed by atoms with Gasteiger partial charge in [0.05, 0.1) is 6.42 Å². The highest BCUT2D eigenvalue weighted by Crippen LogP contribution is 2.24. The molecule has 2 amide bonds. The van der Waals surface area contributed by atoms with Gasteiger partial charge < -0.3 is 10.2 Å². The van der Waals surface area contributed by atoms with E-state index in [9.17, 15) is 9.59 Å². The number of carbonyl (C=O) groups is 2. The van der Waals surface area contributed by atoms with Gasteiger partial charge in [0.2, 0.25) is 11.8 Å². The zero-order chi connectivity index (χ0) is 21.6. The summed E-state index contributed by atoms with van der Waals surface area (Å²) < 4.78 is 0. The third-order valence-corrected chi connectivity index (χ3v) is 5.78. The number of amides is 2. The molecule has 0 aliphatic heterocycles. The highest BCUT2D eigenvalue weighted by molar-refractivity contribution is 6.35. The second-order valence-electron chi connectivity index (χ2n) is 7.02. The molecule has 2 aromatic rings. The van der Waals surface area contributed by atoms with E-state index in [2.05, 4.69) is 5.32 Å². The Bertz CT molecular complexity index is 873. The Balaban J connectivity index is 2.28. The number of nitrogens with zero attached hydrogens (tertiary/aromatic N) is 1. The molecule has 0 saturated carbocycles. The van der Waals surface area contributed by atoms with E-state index < -0.39 is 6.04 Å². The Morgan fingerprint density at radius 2 is 1.69 bits per heavy atom. The average Bonchev–Trinajstić information content (AvgIpc) is 2.68. The molecule has 2 aromatic carbocycles. The van der Waals surface area contributed by atoms with Gasteiger partial charge in [-0.15, -0.1) is 0 Å². The zero-order valence-corrected chi connectivity index (χ0v) is 19.0. The Hall–Kier alpha value is -1.75. The molecule has 2 atom stereocenters. The Morgan fingerprint density at radius 3 is 2.31 bits per heavy atom. The molecule has 2 rings (SSSR count). The molecule has 7 heteroatoms. The monoisotopic (exact) mass is 454 g/mol. The maximum absolute atomic E-state index is 13.2. The first-order chi connectivity index (χ1) is 13.7. The van der Waals surface area contributed by atoms with Gasteiger partial charge in [-0.05, 0) is 49.6 Å². The minimum Gasteiger partial charge on any atom is -0.352 e. The maximum Gasteiger partial charge on any atom is 0.242 e. The number of nitrogens with one attached hydrogen (secondary N) is 1. The number of benzene rings is 2. The van der Waals surface area contributed by atoms with Crippen molar-refractivity contribution in [3.05, 3.63) is 68.7 Å². The van der Waals surface area contributed by atoms with E-state index in [1.807, 2.05) is 32.0 Å². The second-order valence-corrected chi connectivity index (χ2v) is 8.27. The lowest BCUT2D eigenvalue weighted by molar-refractivity contribution is -0.140. The summed E-state index contributed by atoms with van der Waals surface area (Å²) in [5.41, 5.74) is 1.42. The van der Waals surface area contributed by atoms with Crippen molar-refractivity contribution in [1.29, 1.82) is 0 Å². The Labute approximate surface area is 187 Å². The molecular formula is C22H25Cl3N2O2.